The molecule has 8 heteroatoms. The summed E-state index contributed by atoms with van der Waals surface area (Å²) >= 11 is 0. The summed E-state index contributed by atoms with van der Waals surface area (Å²) in [6.45, 7) is 0. The fourth-order valence-corrected chi connectivity index (χ4v) is 1.82. The molecule has 2 aromatic carbocycles. The number of nitrogens with zero attached hydrogens (tertiary/aromatic N) is 2. The Morgan fingerprint density at radius 3 is 2.52 bits per heavy atom. The predicted octanol–water partition coefficient (Wildman–Crippen LogP) is 3.41. The van der Waals surface area contributed by atoms with Crippen LogP contribution in [0.25, 0.3) is 11.5 Å². The lowest BCUT2D eigenvalue weighted by molar-refractivity contribution is 0.0990. The molecule has 23 heavy (non-hydrogen) atoms. The van der Waals surface area contributed by atoms with Crippen LogP contribution in [0.15, 0.2) is 46.9 Å². The van der Waals surface area contributed by atoms with Crippen LogP contribution in [0.5, 0.6) is 0 Å². The van der Waals surface area contributed by atoms with Crippen LogP contribution in [-0.4, -0.2) is 16.1 Å². The monoisotopic (exact) mass is 319 g/mol. The zero-order valence-electron chi connectivity index (χ0n) is 11.4. The van der Waals surface area contributed by atoms with E-state index in [0.717, 1.165) is 18.2 Å². The molecule has 1 heterocycles. The molecule has 0 atom stereocenters. The van der Waals surface area contributed by atoms with Gasteiger partial charge in [0.15, 0.2) is 0 Å². The van der Waals surface area contributed by atoms with Crippen LogP contribution in [0, 0.1) is 17.5 Å². The molecule has 5 nitrogen and oxygen atoms in total. The molecule has 0 aliphatic carbocycles. The van der Waals surface area contributed by atoms with Crippen molar-refractivity contribution in [2.75, 3.05) is 5.32 Å². The minimum Gasteiger partial charge on any atom is -0.412 e. The Bertz CT molecular complexity index is 880. The topological polar surface area (TPSA) is 68.0 Å². The first-order chi connectivity index (χ1) is 11.0. The molecule has 0 radical (unpaired) electrons. The molecule has 1 amide bonds. The van der Waals surface area contributed by atoms with Gasteiger partial charge in [0.2, 0.25) is 5.89 Å². The quantitative estimate of drug-likeness (QED) is 0.803. The zero-order valence-corrected chi connectivity index (χ0v) is 11.4. The second-order valence-electron chi connectivity index (χ2n) is 4.50. The average Bonchev–Trinajstić information content (AvgIpc) is 3.00. The standard InChI is InChI=1S/C15H8F3N3O2/c16-9-3-1-2-8(6-9)14-20-21-15(23-14)13(22)19-12-5-4-10(17)7-11(12)18/h1-7H,(H,19,22). The van der Waals surface area contributed by atoms with Crippen LogP contribution in [0.4, 0.5) is 18.9 Å². The van der Waals surface area contributed by atoms with Gasteiger partial charge in [-0.05, 0) is 30.3 Å². The number of amides is 1. The van der Waals surface area contributed by atoms with Gasteiger partial charge < -0.3 is 9.73 Å². The third-order valence-corrected chi connectivity index (χ3v) is 2.87. The van der Waals surface area contributed by atoms with Crippen LogP contribution >= 0.6 is 0 Å². The van der Waals surface area contributed by atoms with Crippen molar-refractivity contribution in [3.63, 3.8) is 0 Å². The molecule has 0 saturated carbocycles. The van der Waals surface area contributed by atoms with E-state index in [1.54, 1.807) is 0 Å². The Morgan fingerprint density at radius 1 is 1.00 bits per heavy atom. The number of aromatic nitrogens is 2. The highest BCUT2D eigenvalue weighted by atomic mass is 19.1. The highest BCUT2D eigenvalue weighted by Gasteiger charge is 2.18. The lowest BCUT2D eigenvalue weighted by Gasteiger charge is -2.03. The van der Waals surface area contributed by atoms with Crippen molar-refractivity contribution < 1.29 is 22.4 Å². The highest BCUT2D eigenvalue weighted by molar-refractivity contribution is 6.01. The summed E-state index contributed by atoms with van der Waals surface area (Å²) < 4.78 is 44.6. The van der Waals surface area contributed by atoms with Crippen molar-refractivity contribution in [3.8, 4) is 11.5 Å². The van der Waals surface area contributed by atoms with E-state index < -0.39 is 29.2 Å². The number of nitrogens with one attached hydrogen (secondary N) is 1. The summed E-state index contributed by atoms with van der Waals surface area (Å²) in [6, 6.07) is 8.05. The fraction of sp³-hybridized carbons (Fsp3) is 0. The second-order valence-corrected chi connectivity index (χ2v) is 4.50. The van der Waals surface area contributed by atoms with Crippen LogP contribution in [0.1, 0.15) is 10.7 Å². The summed E-state index contributed by atoms with van der Waals surface area (Å²) in [5, 5.41) is 9.33. The van der Waals surface area contributed by atoms with Gasteiger partial charge in [0, 0.05) is 11.6 Å². The normalized spacial score (nSPS) is 10.6. The second kappa shape index (κ2) is 5.91. The van der Waals surface area contributed by atoms with Gasteiger partial charge in [-0.15, -0.1) is 10.2 Å². The maximum atomic E-state index is 13.5. The van der Waals surface area contributed by atoms with E-state index >= 15 is 0 Å². The van der Waals surface area contributed by atoms with E-state index in [2.05, 4.69) is 15.5 Å². The Balaban J connectivity index is 1.81. The van der Waals surface area contributed by atoms with E-state index in [1.807, 2.05) is 0 Å². The summed E-state index contributed by atoms with van der Waals surface area (Å²) in [5.41, 5.74) is 0.0615. The van der Waals surface area contributed by atoms with E-state index in [4.69, 9.17) is 4.42 Å². The molecule has 0 fully saturated rings. The average molecular weight is 319 g/mol. The summed E-state index contributed by atoms with van der Waals surface area (Å²) in [7, 11) is 0. The Labute approximate surface area is 127 Å². The van der Waals surface area contributed by atoms with Gasteiger partial charge in [-0.25, -0.2) is 13.2 Å². The van der Waals surface area contributed by atoms with Gasteiger partial charge in [-0.1, -0.05) is 6.07 Å². The zero-order chi connectivity index (χ0) is 16.4. The van der Waals surface area contributed by atoms with Gasteiger partial charge in [0.1, 0.15) is 17.5 Å². The molecule has 1 N–H and O–H groups in total. The van der Waals surface area contributed by atoms with Gasteiger partial charge >= 0.3 is 11.8 Å². The van der Waals surface area contributed by atoms with Gasteiger partial charge in [0.25, 0.3) is 0 Å². The first-order valence-corrected chi connectivity index (χ1v) is 6.39. The predicted molar refractivity (Wildman–Crippen MR) is 74.0 cm³/mol. The van der Waals surface area contributed by atoms with Crippen molar-refractivity contribution >= 4 is 11.6 Å². The number of carbonyl (C=O) groups is 1. The van der Waals surface area contributed by atoms with Crippen molar-refractivity contribution in [2.24, 2.45) is 0 Å². The van der Waals surface area contributed by atoms with E-state index in [0.29, 0.717) is 11.6 Å². The Morgan fingerprint density at radius 2 is 1.78 bits per heavy atom. The lowest BCUT2D eigenvalue weighted by Crippen LogP contribution is -2.13. The molecule has 0 saturated heterocycles. The lowest BCUT2D eigenvalue weighted by atomic mass is 10.2. The number of hydrogen-bond donors (Lipinski definition) is 1. The third kappa shape index (κ3) is 3.20. The van der Waals surface area contributed by atoms with E-state index in [9.17, 15) is 18.0 Å². The van der Waals surface area contributed by atoms with Crippen molar-refractivity contribution in [2.45, 2.75) is 0 Å². The Kier molecular flexibility index (Phi) is 3.80. The van der Waals surface area contributed by atoms with E-state index in [1.165, 1.54) is 18.2 Å². The highest BCUT2D eigenvalue weighted by Crippen LogP contribution is 2.20. The molecule has 0 unspecified atom stereocenters. The smallest absolute Gasteiger partial charge is 0.313 e. The van der Waals surface area contributed by atoms with Crippen molar-refractivity contribution in [3.05, 3.63) is 65.8 Å². The van der Waals surface area contributed by atoms with Crippen LogP contribution in [0.3, 0.4) is 0 Å². The number of rotatable bonds is 3. The van der Waals surface area contributed by atoms with Crippen LogP contribution < -0.4 is 5.32 Å². The first kappa shape index (κ1) is 14.8. The van der Waals surface area contributed by atoms with Gasteiger partial charge in [0.05, 0.1) is 5.69 Å². The fourth-order valence-electron chi connectivity index (χ4n) is 1.82. The molecule has 3 aromatic rings. The summed E-state index contributed by atoms with van der Waals surface area (Å²) in [5.74, 6) is -3.58. The molecule has 1 aromatic heterocycles. The molecule has 0 bridgehead atoms. The van der Waals surface area contributed by atoms with Gasteiger partial charge in [-0.3, -0.25) is 4.79 Å². The largest absolute Gasteiger partial charge is 0.412 e. The molecule has 0 spiro atoms. The summed E-state index contributed by atoms with van der Waals surface area (Å²) in [4.78, 5) is 11.9. The SMILES string of the molecule is O=C(Nc1ccc(F)cc1F)c1nnc(-c2cccc(F)c2)o1. The summed E-state index contributed by atoms with van der Waals surface area (Å²) in [6.07, 6.45) is 0. The van der Waals surface area contributed by atoms with Crippen molar-refractivity contribution in [1.29, 1.82) is 0 Å². The van der Waals surface area contributed by atoms with Crippen LogP contribution in [-0.2, 0) is 0 Å². The number of hydrogen-bond acceptors (Lipinski definition) is 4. The van der Waals surface area contributed by atoms with E-state index in [-0.39, 0.29) is 11.6 Å². The first-order valence-electron chi connectivity index (χ1n) is 6.39. The van der Waals surface area contributed by atoms with Crippen molar-refractivity contribution in [1.82, 2.24) is 10.2 Å². The number of benzene rings is 2. The number of anilines is 1. The van der Waals surface area contributed by atoms with Crippen LogP contribution in [0.2, 0.25) is 0 Å². The molecule has 0 aliphatic rings. The molecule has 3 rings (SSSR count). The molecule has 116 valence electrons. The maximum Gasteiger partial charge on any atom is 0.313 e. The molecular weight excluding hydrogens is 311 g/mol. The Hall–Kier alpha value is -3.16. The minimum atomic E-state index is -0.941. The third-order valence-electron chi connectivity index (χ3n) is 2.87. The minimum absolute atomic E-state index is 0.0609. The number of carbonyl (C=O) groups excluding carboxylic acids is 1. The maximum absolute atomic E-state index is 13.5. The number of halogens is 3. The van der Waals surface area contributed by atoms with Gasteiger partial charge in [-0.2, -0.15) is 0 Å². The molecule has 0 aliphatic heterocycles. The molecular formula is C15H8F3N3O2.